The van der Waals surface area contributed by atoms with Crippen LogP contribution < -0.4 is 10.1 Å². The van der Waals surface area contributed by atoms with Gasteiger partial charge in [-0.1, -0.05) is 29.8 Å². The average Bonchev–Trinajstić information content (AvgIpc) is 3.10. The van der Waals surface area contributed by atoms with Gasteiger partial charge in [-0.05, 0) is 132 Å². The first-order chi connectivity index (χ1) is 15.8. The highest BCUT2D eigenvalue weighted by Crippen LogP contribution is 2.37. The van der Waals surface area contributed by atoms with Gasteiger partial charge in [-0.15, -0.1) is 0 Å². The number of hydrogen-bond acceptors (Lipinski definition) is 4. The molecule has 4 nitrogen and oxygen atoms in total. The Morgan fingerprint density at radius 2 is 1.85 bits per heavy atom. The highest BCUT2D eigenvalue weighted by atomic mass is 127. The van der Waals surface area contributed by atoms with Crippen molar-refractivity contribution in [2.45, 2.75) is 13.5 Å². The maximum Gasteiger partial charge on any atom is 0.264 e. The Bertz CT molecular complexity index is 1270. The fourth-order valence-corrected chi connectivity index (χ4v) is 5.81. The SMILES string of the molecule is Cc1c(Cl)cccc1N=C1NC(=O)/C(=C\c2cc(Br)c(OCc3ccc(I)cc3)c(Br)c2)S1. The molecule has 9 heteroatoms. The molecule has 33 heavy (non-hydrogen) atoms. The minimum atomic E-state index is -0.190. The molecule has 0 radical (unpaired) electrons. The van der Waals surface area contributed by atoms with E-state index in [9.17, 15) is 4.79 Å². The van der Waals surface area contributed by atoms with Crippen LogP contribution in [0.2, 0.25) is 5.02 Å². The molecule has 3 aromatic carbocycles. The summed E-state index contributed by atoms with van der Waals surface area (Å²) in [7, 11) is 0. The summed E-state index contributed by atoms with van der Waals surface area (Å²) in [5.41, 5.74) is 3.54. The van der Waals surface area contributed by atoms with Crippen molar-refractivity contribution in [1.82, 2.24) is 5.32 Å². The van der Waals surface area contributed by atoms with E-state index in [1.807, 2.05) is 67.6 Å². The number of rotatable bonds is 5. The van der Waals surface area contributed by atoms with Gasteiger partial charge in [-0.2, -0.15) is 0 Å². The van der Waals surface area contributed by atoms with Crippen LogP contribution in [0.15, 0.2) is 73.4 Å². The van der Waals surface area contributed by atoms with Gasteiger partial charge in [0.05, 0.1) is 19.5 Å². The predicted molar refractivity (Wildman–Crippen MR) is 152 cm³/mol. The summed E-state index contributed by atoms with van der Waals surface area (Å²) in [4.78, 5) is 17.6. The third kappa shape index (κ3) is 6.22. The van der Waals surface area contributed by atoms with E-state index in [-0.39, 0.29) is 5.91 Å². The summed E-state index contributed by atoms with van der Waals surface area (Å²) in [5, 5.41) is 3.98. The molecule has 1 saturated heterocycles. The molecule has 0 aliphatic carbocycles. The summed E-state index contributed by atoms with van der Waals surface area (Å²) >= 11 is 16.9. The van der Waals surface area contributed by atoms with Gasteiger partial charge in [0.2, 0.25) is 0 Å². The zero-order valence-electron chi connectivity index (χ0n) is 17.2. The zero-order chi connectivity index (χ0) is 23.5. The van der Waals surface area contributed by atoms with Crippen LogP contribution in [0.25, 0.3) is 6.08 Å². The van der Waals surface area contributed by atoms with Crippen LogP contribution in [-0.4, -0.2) is 11.1 Å². The fraction of sp³-hybridized carbons (Fsp3) is 0.0833. The monoisotopic (exact) mass is 716 g/mol. The number of thioether (sulfide) groups is 1. The van der Waals surface area contributed by atoms with Crippen LogP contribution in [0.4, 0.5) is 5.69 Å². The van der Waals surface area contributed by atoms with E-state index < -0.39 is 0 Å². The van der Waals surface area contributed by atoms with Crippen LogP contribution in [0, 0.1) is 10.5 Å². The molecule has 1 aliphatic heterocycles. The third-order valence-electron chi connectivity index (χ3n) is 4.73. The standard InChI is InChI=1S/C24H16Br2ClIN2O2S/c1-13-19(27)3-2-4-20(13)29-24-30-23(31)21(33-24)11-15-9-17(25)22(18(26)10-15)32-12-14-5-7-16(28)8-6-14/h2-11H,12H2,1H3,(H,29,30,31)/b21-11+. The number of aliphatic imine (C=N–C) groups is 1. The van der Waals surface area contributed by atoms with Crippen molar-refractivity contribution in [1.29, 1.82) is 0 Å². The Hall–Kier alpha value is -1.33. The Morgan fingerprint density at radius 3 is 2.55 bits per heavy atom. The first kappa shape index (κ1) is 24.8. The van der Waals surface area contributed by atoms with E-state index in [1.54, 1.807) is 0 Å². The minimum absolute atomic E-state index is 0.190. The second-order valence-corrected chi connectivity index (χ2v) is 11.5. The van der Waals surface area contributed by atoms with E-state index >= 15 is 0 Å². The Morgan fingerprint density at radius 1 is 1.15 bits per heavy atom. The number of nitrogens with zero attached hydrogens (tertiary/aromatic N) is 1. The molecule has 4 rings (SSSR count). The Kier molecular flexibility index (Phi) is 8.22. The summed E-state index contributed by atoms with van der Waals surface area (Å²) in [5.74, 6) is 0.516. The van der Waals surface area contributed by atoms with Crippen molar-refractivity contribution in [3.63, 3.8) is 0 Å². The quantitative estimate of drug-likeness (QED) is 0.214. The molecular formula is C24H16Br2ClIN2O2S. The lowest BCUT2D eigenvalue weighted by molar-refractivity contribution is -0.115. The fourth-order valence-electron chi connectivity index (χ4n) is 3.00. The smallest absolute Gasteiger partial charge is 0.264 e. The lowest BCUT2D eigenvalue weighted by atomic mass is 10.2. The van der Waals surface area contributed by atoms with Gasteiger partial charge in [0, 0.05) is 8.59 Å². The Labute approximate surface area is 231 Å². The van der Waals surface area contributed by atoms with Gasteiger partial charge < -0.3 is 10.1 Å². The molecule has 0 spiro atoms. The highest BCUT2D eigenvalue weighted by Gasteiger charge is 2.24. The number of benzene rings is 3. The molecule has 168 valence electrons. The lowest BCUT2D eigenvalue weighted by Crippen LogP contribution is -2.19. The summed E-state index contributed by atoms with van der Waals surface area (Å²) in [6, 6.07) is 17.6. The van der Waals surface area contributed by atoms with Crippen molar-refractivity contribution >= 4 is 101 Å². The first-order valence-corrected chi connectivity index (χ1v) is 13.6. The van der Waals surface area contributed by atoms with Gasteiger partial charge in [0.15, 0.2) is 5.17 Å². The third-order valence-corrected chi connectivity index (χ3v) is 7.94. The van der Waals surface area contributed by atoms with Crippen LogP contribution >= 0.6 is 77.8 Å². The number of halogens is 4. The van der Waals surface area contributed by atoms with Crippen LogP contribution in [0.3, 0.4) is 0 Å². The van der Waals surface area contributed by atoms with E-state index in [1.165, 1.54) is 15.3 Å². The van der Waals surface area contributed by atoms with E-state index in [2.05, 4.69) is 64.8 Å². The number of carbonyl (C=O) groups is 1. The Balaban J connectivity index is 1.51. The largest absolute Gasteiger partial charge is 0.487 e. The minimum Gasteiger partial charge on any atom is -0.487 e. The molecule has 0 bridgehead atoms. The second kappa shape index (κ2) is 10.9. The number of ether oxygens (including phenoxy) is 1. The van der Waals surface area contributed by atoms with Gasteiger partial charge in [0.25, 0.3) is 5.91 Å². The molecule has 1 amide bonds. The number of amides is 1. The highest BCUT2D eigenvalue weighted by molar-refractivity contribution is 14.1. The molecule has 0 atom stereocenters. The molecule has 1 heterocycles. The normalized spacial score (nSPS) is 15.8. The van der Waals surface area contributed by atoms with Crippen molar-refractivity contribution in [2.24, 2.45) is 4.99 Å². The zero-order valence-corrected chi connectivity index (χ0v) is 24.1. The van der Waals surface area contributed by atoms with Gasteiger partial charge in [-0.25, -0.2) is 4.99 Å². The molecule has 0 unspecified atom stereocenters. The molecule has 0 aromatic heterocycles. The lowest BCUT2D eigenvalue weighted by Gasteiger charge is -2.12. The maximum atomic E-state index is 12.5. The summed E-state index contributed by atoms with van der Waals surface area (Å²) in [6.45, 7) is 2.35. The molecular weight excluding hydrogens is 703 g/mol. The molecule has 1 aliphatic rings. The number of amidine groups is 1. The van der Waals surface area contributed by atoms with Gasteiger partial charge >= 0.3 is 0 Å². The molecule has 3 aromatic rings. The predicted octanol–water partition coefficient (Wildman–Crippen LogP) is 8.25. The number of carbonyl (C=O) groups excluding carboxylic acids is 1. The van der Waals surface area contributed by atoms with Crippen molar-refractivity contribution in [3.8, 4) is 5.75 Å². The van der Waals surface area contributed by atoms with Crippen LogP contribution in [0.1, 0.15) is 16.7 Å². The van der Waals surface area contributed by atoms with Crippen molar-refractivity contribution in [3.05, 3.63) is 93.7 Å². The molecule has 1 N–H and O–H groups in total. The average molecular weight is 719 g/mol. The summed E-state index contributed by atoms with van der Waals surface area (Å²) < 4.78 is 8.78. The van der Waals surface area contributed by atoms with Gasteiger partial charge in [0.1, 0.15) is 12.4 Å². The van der Waals surface area contributed by atoms with Gasteiger partial charge in [-0.3, -0.25) is 4.79 Å². The first-order valence-electron chi connectivity index (χ1n) is 9.71. The molecule has 1 fully saturated rings. The van der Waals surface area contributed by atoms with Crippen molar-refractivity contribution < 1.29 is 9.53 Å². The molecule has 0 saturated carbocycles. The van der Waals surface area contributed by atoms with Crippen LogP contribution in [-0.2, 0) is 11.4 Å². The van der Waals surface area contributed by atoms with E-state index in [4.69, 9.17) is 16.3 Å². The maximum absolute atomic E-state index is 12.5. The summed E-state index contributed by atoms with van der Waals surface area (Å²) in [6.07, 6.45) is 1.83. The topological polar surface area (TPSA) is 50.7 Å². The number of nitrogens with one attached hydrogen (secondary N) is 1. The van der Waals surface area contributed by atoms with Crippen LogP contribution in [0.5, 0.6) is 5.75 Å². The van der Waals surface area contributed by atoms with E-state index in [0.717, 1.165) is 31.3 Å². The second-order valence-electron chi connectivity index (χ2n) is 7.09. The number of hydrogen-bond donors (Lipinski definition) is 1. The van der Waals surface area contributed by atoms with E-state index in [0.29, 0.717) is 27.5 Å². The van der Waals surface area contributed by atoms with Crippen molar-refractivity contribution in [2.75, 3.05) is 0 Å².